The number of benzene rings is 1. The Morgan fingerprint density at radius 2 is 2.10 bits per heavy atom. The molecule has 2 aliphatic heterocycles. The maximum Gasteiger partial charge on any atom is 0.322 e. The number of hydrogen-bond donors (Lipinski definition) is 2. The molecule has 12 heteroatoms. The Kier molecular flexibility index (Phi) is 5.00. The predicted octanol–water partition coefficient (Wildman–Crippen LogP) is 3.06. The van der Waals surface area contributed by atoms with E-state index in [1.165, 1.54) is 9.80 Å². The van der Waals surface area contributed by atoms with E-state index >= 15 is 0 Å². The minimum atomic E-state index is -3.23. The topological polar surface area (TPSA) is 82.5 Å². The van der Waals surface area contributed by atoms with Gasteiger partial charge < -0.3 is 15.5 Å². The van der Waals surface area contributed by atoms with Gasteiger partial charge in [0.2, 0.25) is 0 Å². The summed E-state index contributed by atoms with van der Waals surface area (Å²) in [7, 11) is 0. The number of amides is 4. The monoisotopic (exact) mass is 426 g/mol. The maximum absolute atomic E-state index is 13.7. The van der Waals surface area contributed by atoms with Crippen LogP contribution in [0, 0.1) is 11.6 Å². The first-order chi connectivity index (χ1) is 14.3. The quantitative estimate of drug-likeness (QED) is 0.741. The summed E-state index contributed by atoms with van der Waals surface area (Å²) < 4.78 is 54.7. The lowest BCUT2D eigenvalue weighted by Gasteiger charge is -2.34. The van der Waals surface area contributed by atoms with Gasteiger partial charge in [0, 0.05) is 24.8 Å². The molecule has 4 rings (SSSR count). The van der Waals surface area contributed by atoms with Crippen LogP contribution in [0.25, 0.3) is 0 Å². The Morgan fingerprint density at radius 3 is 2.77 bits per heavy atom. The van der Waals surface area contributed by atoms with Gasteiger partial charge in [-0.25, -0.2) is 27.2 Å². The third-order valence-electron chi connectivity index (χ3n) is 5.17. The molecule has 0 saturated carbocycles. The number of halogens is 4. The summed E-state index contributed by atoms with van der Waals surface area (Å²) in [5.74, 6) is -3.12. The van der Waals surface area contributed by atoms with Crippen molar-refractivity contribution in [1.82, 2.24) is 20.0 Å². The van der Waals surface area contributed by atoms with Crippen molar-refractivity contribution < 1.29 is 27.2 Å². The smallest absolute Gasteiger partial charge is 0.322 e. The van der Waals surface area contributed by atoms with E-state index in [1.807, 2.05) is 0 Å². The van der Waals surface area contributed by atoms with Gasteiger partial charge in [-0.2, -0.15) is 5.10 Å². The number of fused-ring (bicyclic) bond motifs is 1. The highest BCUT2D eigenvalue weighted by atomic mass is 19.3. The van der Waals surface area contributed by atoms with Crippen molar-refractivity contribution in [3.8, 4) is 0 Å². The van der Waals surface area contributed by atoms with E-state index < -0.39 is 29.7 Å². The third kappa shape index (κ3) is 3.42. The largest absolute Gasteiger partial charge is 0.336 e. The molecule has 0 aliphatic carbocycles. The van der Waals surface area contributed by atoms with Gasteiger partial charge in [0.25, 0.3) is 6.43 Å². The van der Waals surface area contributed by atoms with Crippen molar-refractivity contribution in [1.29, 1.82) is 0 Å². The van der Waals surface area contributed by atoms with Gasteiger partial charge in [0.15, 0.2) is 11.6 Å². The van der Waals surface area contributed by atoms with Crippen molar-refractivity contribution in [3.05, 3.63) is 41.2 Å². The molecule has 1 atom stereocenters. The number of hydrogen-bond acceptors (Lipinski definition) is 3. The summed E-state index contributed by atoms with van der Waals surface area (Å²) in [5.41, 5.74) is -0.196. The summed E-state index contributed by atoms with van der Waals surface area (Å²) in [5, 5.41) is 9.32. The van der Waals surface area contributed by atoms with Crippen molar-refractivity contribution in [2.24, 2.45) is 0 Å². The first kappa shape index (κ1) is 20.0. The zero-order chi connectivity index (χ0) is 21.6. The highest BCUT2D eigenvalue weighted by molar-refractivity contribution is 5.95. The average Bonchev–Trinajstić information content (AvgIpc) is 3.28. The number of nitrogens with one attached hydrogen (secondary N) is 2. The van der Waals surface area contributed by atoms with Crippen LogP contribution in [0.15, 0.2) is 18.3 Å². The Morgan fingerprint density at radius 1 is 1.33 bits per heavy atom. The Labute approximate surface area is 168 Å². The zero-order valence-corrected chi connectivity index (χ0v) is 15.8. The molecule has 1 aromatic heterocycles. The number of urea groups is 2. The van der Waals surface area contributed by atoms with E-state index in [2.05, 4.69) is 15.7 Å². The normalized spacial score (nSPS) is 18.6. The van der Waals surface area contributed by atoms with Gasteiger partial charge in [0.05, 0.1) is 42.3 Å². The van der Waals surface area contributed by atoms with Gasteiger partial charge in [-0.05, 0) is 13.0 Å². The predicted molar refractivity (Wildman–Crippen MR) is 98.3 cm³/mol. The van der Waals surface area contributed by atoms with Crippen LogP contribution in [0.5, 0.6) is 0 Å². The molecule has 8 nitrogen and oxygen atoms in total. The van der Waals surface area contributed by atoms with Crippen LogP contribution >= 0.6 is 0 Å². The molecule has 30 heavy (non-hydrogen) atoms. The van der Waals surface area contributed by atoms with Crippen molar-refractivity contribution >= 4 is 23.4 Å². The van der Waals surface area contributed by atoms with Crippen LogP contribution < -0.4 is 15.5 Å². The molecule has 1 saturated heterocycles. The molecule has 0 radical (unpaired) electrons. The molecule has 2 aromatic rings. The molecule has 1 aromatic carbocycles. The standard InChI is InChI=1S/C18H18F4N6O2/c1-9-7-28-14(13(6-24-28)26-3-2-23-17(26)29)8-27(9)18(30)25-10-4-11(16(21)22)15(20)12(19)5-10/h4-6,9,16H,2-3,7-8H2,1H3,(H,23,29)(H,25,30)/t9-/m0/s1. The van der Waals surface area contributed by atoms with Crippen LogP contribution in [0.2, 0.25) is 0 Å². The molecular formula is C18H18F4N6O2. The molecule has 0 spiro atoms. The fourth-order valence-electron chi connectivity index (χ4n) is 3.62. The number of anilines is 2. The molecule has 3 heterocycles. The first-order valence-corrected chi connectivity index (χ1v) is 9.21. The fraction of sp³-hybridized carbons (Fsp3) is 0.389. The van der Waals surface area contributed by atoms with E-state index in [1.54, 1.807) is 17.8 Å². The minimum absolute atomic E-state index is 0.0947. The molecule has 4 amide bonds. The number of carbonyl (C=O) groups is 2. The molecule has 160 valence electrons. The third-order valence-corrected chi connectivity index (χ3v) is 5.17. The van der Waals surface area contributed by atoms with E-state index in [0.29, 0.717) is 43.1 Å². The summed E-state index contributed by atoms with van der Waals surface area (Å²) in [6.45, 7) is 3.16. The summed E-state index contributed by atoms with van der Waals surface area (Å²) in [4.78, 5) is 27.7. The van der Waals surface area contributed by atoms with E-state index in [4.69, 9.17) is 0 Å². The number of carbonyl (C=O) groups excluding carboxylic acids is 2. The van der Waals surface area contributed by atoms with Crippen LogP contribution in [-0.2, 0) is 13.1 Å². The van der Waals surface area contributed by atoms with Gasteiger partial charge >= 0.3 is 12.1 Å². The highest BCUT2D eigenvalue weighted by Gasteiger charge is 2.33. The summed E-state index contributed by atoms with van der Waals surface area (Å²) >= 11 is 0. The van der Waals surface area contributed by atoms with Gasteiger partial charge in [-0.1, -0.05) is 0 Å². The van der Waals surface area contributed by atoms with E-state index in [0.717, 1.165) is 0 Å². The number of aromatic nitrogens is 2. The second-order valence-corrected chi connectivity index (χ2v) is 7.11. The molecule has 2 aliphatic rings. The lowest BCUT2D eigenvalue weighted by molar-refractivity contribution is 0.145. The second-order valence-electron chi connectivity index (χ2n) is 7.11. The molecule has 2 N–H and O–H groups in total. The SMILES string of the molecule is C[C@H]1Cn2ncc(N3CCNC3=O)c2CN1C(=O)Nc1cc(F)c(F)c(C(F)F)c1. The van der Waals surface area contributed by atoms with Crippen molar-refractivity contribution in [2.45, 2.75) is 32.5 Å². The van der Waals surface area contributed by atoms with Gasteiger partial charge in [-0.15, -0.1) is 0 Å². The number of nitrogens with zero attached hydrogens (tertiary/aromatic N) is 4. The maximum atomic E-state index is 13.7. The molecule has 0 unspecified atom stereocenters. The van der Waals surface area contributed by atoms with Crippen LogP contribution in [0.4, 0.5) is 38.5 Å². The average molecular weight is 426 g/mol. The molecule has 0 bridgehead atoms. The molecular weight excluding hydrogens is 408 g/mol. The van der Waals surface area contributed by atoms with Crippen molar-refractivity contribution in [3.63, 3.8) is 0 Å². The van der Waals surface area contributed by atoms with E-state index in [-0.39, 0.29) is 24.3 Å². The first-order valence-electron chi connectivity index (χ1n) is 9.21. The van der Waals surface area contributed by atoms with Crippen molar-refractivity contribution in [2.75, 3.05) is 23.3 Å². The number of alkyl halides is 2. The Bertz CT molecular complexity index is 1010. The Hall–Kier alpha value is -3.31. The van der Waals surface area contributed by atoms with Crippen LogP contribution in [-0.4, -0.2) is 45.9 Å². The van der Waals surface area contributed by atoms with E-state index in [9.17, 15) is 27.2 Å². The second kappa shape index (κ2) is 7.50. The summed E-state index contributed by atoms with van der Waals surface area (Å²) in [6, 6.07) is 0.106. The van der Waals surface area contributed by atoms with Crippen LogP contribution in [0.1, 0.15) is 24.6 Å². The highest BCUT2D eigenvalue weighted by Crippen LogP contribution is 2.30. The minimum Gasteiger partial charge on any atom is -0.336 e. The number of rotatable bonds is 3. The van der Waals surface area contributed by atoms with Gasteiger partial charge in [0.1, 0.15) is 0 Å². The Balaban J connectivity index is 1.56. The van der Waals surface area contributed by atoms with Gasteiger partial charge in [-0.3, -0.25) is 9.58 Å². The molecule has 1 fully saturated rings. The fourth-order valence-corrected chi connectivity index (χ4v) is 3.62. The lowest BCUT2D eigenvalue weighted by atomic mass is 10.1. The summed E-state index contributed by atoms with van der Waals surface area (Å²) in [6.07, 6.45) is -1.67. The van der Waals surface area contributed by atoms with Crippen LogP contribution in [0.3, 0.4) is 0 Å². The lowest BCUT2D eigenvalue weighted by Crippen LogP contribution is -2.47. The zero-order valence-electron chi connectivity index (χ0n) is 15.8.